The zero-order chi connectivity index (χ0) is 19.2. The van der Waals surface area contributed by atoms with Gasteiger partial charge in [-0.15, -0.1) is 0 Å². The van der Waals surface area contributed by atoms with Gasteiger partial charge >= 0.3 is 0 Å². The molecular weight excluding hydrogens is 345 g/mol. The summed E-state index contributed by atoms with van der Waals surface area (Å²) in [5.74, 6) is 0.238. The van der Waals surface area contributed by atoms with E-state index in [0.717, 1.165) is 5.56 Å². The molecule has 1 unspecified atom stereocenters. The number of benzene rings is 1. The molecular formula is C21H24FN3O2. The predicted molar refractivity (Wildman–Crippen MR) is 102 cm³/mol. The maximum Gasteiger partial charge on any atom is 0.228 e. The van der Waals surface area contributed by atoms with E-state index >= 15 is 0 Å². The summed E-state index contributed by atoms with van der Waals surface area (Å²) in [5.41, 5.74) is 0.953. The SMILES string of the molecule is CC(CC(=O)N1CCC(C(=O)Nc2ccccn2)CC1)c1ccc(F)cc1. The summed E-state index contributed by atoms with van der Waals surface area (Å²) in [6.07, 6.45) is 3.32. The van der Waals surface area contributed by atoms with Crippen LogP contribution in [0.25, 0.3) is 0 Å². The number of nitrogens with zero attached hydrogens (tertiary/aromatic N) is 2. The van der Waals surface area contributed by atoms with Crippen LogP contribution >= 0.6 is 0 Å². The normalized spacial score (nSPS) is 16.0. The highest BCUT2D eigenvalue weighted by molar-refractivity contribution is 5.91. The lowest BCUT2D eigenvalue weighted by molar-refractivity contribution is -0.134. The number of nitrogens with one attached hydrogen (secondary N) is 1. The van der Waals surface area contributed by atoms with Crippen LogP contribution in [0.15, 0.2) is 48.7 Å². The Labute approximate surface area is 158 Å². The van der Waals surface area contributed by atoms with Crippen LogP contribution in [0.1, 0.15) is 37.7 Å². The number of aromatic nitrogens is 1. The van der Waals surface area contributed by atoms with Crippen molar-refractivity contribution in [2.45, 2.75) is 32.1 Å². The minimum atomic E-state index is -0.275. The number of carbonyl (C=O) groups excluding carboxylic acids is 2. The van der Waals surface area contributed by atoms with E-state index < -0.39 is 0 Å². The Kier molecular flexibility index (Phi) is 6.16. The van der Waals surface area contributed by atoms with Gasteiger partial charge in [0.1, 0.15) is 11.6 Å². The Balaban J connectivity index is 1.47. The number of rotatable bonds is 5. The summed E-state index contributed by atoms with van der Waals surface area (Å²) in [6, 6.07) is 11.7. The molecule has 0 spiro atoms. The quantitative estimate of drug-likeness (QED) is 0.876. The van der Waals surface area contributed by atoms with Crippen molar-refractivity contribution < 1.29 is 14.0 Å². The van der Waals surface area contributed by atoms with Gasteiger partial charge in [-0.25, -0.2) is 9.37 Å². The average Bonchev–Trinajstić information content (AvgIpc) is 2.69. The van der Waals surface area contributed by atoms with Crippen molar-refractivity contribution in [3.05, 3.63) is 60.0 Å². The van der Waals surface area contributed by atoms with Gasteiger partial charge < -0.3 is 10.2 Å². The lowest BCUT2D eigenvalue weighted by Gasteiger charge is -2.32. The Hall–Kier alpha value is -2.76. The Morgan fingerprint density at radius 1 is 1.19 bits per heavy atom. The predicted octanol–water partition coefficient (Wildman–Crippen LogP) is 3.59. The number of anilines is 1. The molecule has 2 heterocycles. The van der Waals surface area contributed by atoms with Crippen molar-refractivity contribution >= 4 is 17.6 Å². The van der Waals surface area contributed by atoms with E-state index in [0.29, 0.717) is 38.2 Å². The van der Waals surface area contributed by atoms with Crippen molar-refractivity contribution in [3.8, 4) is 0 Å². The van der Waals surface area contributed by atoms with E-state index in [1.54, 1.807) is 30.5 Å². The molecule has 1 aliphatic rings. The van der Waals surface area contributed by atoms with Crippen molar-refractivity contribution in [2.24, 2.45) is 5.92 Å². The highest BCUT2D eigenvalue weighted by Gasteiger charge is 2.28. The molecule has 142 valence electrons. The fraction of sp³-hybridized carbons (Fsp3) is 0.381. The number of piperidine rings is 1. The van der Waals surface area contributed by atoms with Crippen LogP contribution in [0.3, 0.4) is 0 Å². The molecule has 1 aromatic heterocycles. The average molecular weight is 369 g/mol. The van der Waals surface area contributed by atoms with Gasteiger partial charge in [0.05, 0.1) is 0 Å². The van der Waals surface area contributed by atoms with Crippen LogP contribution in [-0.2, 0) is 9.59 Å². The molecule has 6 heteroatoms. The minimum absolute atomic E-state index is 0.0308. The highest BCUT2D eigenvalue weighted by Crippen LogP contribution is 2.24. The molecule has 1 fully saturated rings. The minimum Gasteiger partial charge on any atom is -0.343 e. The van der Waals surface area contributed by atoms with Gasteiger partial charge in [0.15, 0.2) is 0 Å². The van der Waals surface area contributed by atoms with Gasteiger partial charge in [0.2, 0.25) is 11.8 Å². The maximum absolute atomic E-state index is 13.0. The second-order valence-corrected chi connectivity index (χ2v) is 7.02. The summed E-state index contributed by atoms with van der Waals surface area (Å²) in [7, 11) is 0. The zero-order valence-corrected chi connectivity index (χ0v) is 15.4. The van der Waals surface area contributed by atoms with Crippen LogP contribution in [0.5, 0.6) is 0 Å². The third-order valence-electron chi connectivity index (χ3n) is 5.05. The summed E-state index contributed by atoms with van der Waals surface area (Å²) in [5, 5.41) is 2.83. The lowest BCUT2D eigenvalue weighted by atomic mass is 9.93. The first-order valence-electron chi connectivity index (χ1n) is 9.28. The summed E-state index contributed by atoms with van der Waals surface area (Å²) < 4.78 is 13.0. The smallest absolute Gasteiger partial charge is 0.228 e. The summed E-state index contributed by atoms with van der Waals surface area (Å²) in [4.78, 5) is 30.8. The second kappa shape index (κ2) is 8.75. The first kappa shape index (κ1) is 19.0. The van der Waals surface area contributed by atoms with Crippen LogP contribution in [-0.4, -0.2) is 34.8 Å². The molecule has 0 aliphatic carbocycles. The van der Waals surface area contributed by atoms with Crippen LogP contribution in [0.2, 0.25) is 0 Å². The van der Waals surface area contributed by atoms with E-state index in [1.807, 2.05) is 17.9 Å². The molecule has 0 saturated carbocycles. The molecule has 27 heavy (non-hydrogen) atoms. The molecule has 2 aromatic rings. The largest absolute Gasteiger partial charge is 0.343 e. The molecule has 1 atom stereocenters. The standard InChI is InChI=1S/C21H24FN3O2/c1-15(16-5-7-18(22)8-6-16)14-20(26)25-12-9-17(10-13-25)21(27)24-19-4-2-3-11-23-19/h2-8,11,15,17H,9-10,12-14H2,1H3,(H,23,24,27). The Bertz CT molecular complexity index is 772. The number of halogens is 1. The van der Waals surface area contributed by atoms with Crippen molar-refractivity contribution in [1.82, 2.24) is 9.88 Å². The van der Waals surface area contributed by atoms with Gasteiger partial charge in [-0.2, -0.15) is 0 Å². The van der Waals surface area contributed by atoms with Gasteiger partial charge in [-0.3, -0.25) is 9.59 Å². The molecule has 3 rings (SSSR count). The monoisotopic (exact) mass is 369 g/mol. The van der Waals surface area contributed by atoms with Crippen molar-refractivity contribution in [1.29, 1.82) is 0 Å². The molecule has 0 radical (unpaired) electrons. The van der Waals surface area contributed by atoms with Crippen LogP contribution < -0.4 is 5.32 Å². The lowest BCUT2D eigenvalue weighted by Crippen LogP contribution is -2.41. The third-order valence-corrected chi connectivity index (χ3v) is 5.05. The number of hydrogen-bond donors (Lipinski definition) is 1. The Morgan fingerprint density at radius 3 is 2.52 bits per heavy atom. The molecule has 1 saturated heterocycles. The molecule has 1 aliphatic heterocycles. The fourth-order valence-corrected chi connectivity index (χ4v) is 3.36. The van der Waals surface area contributed by atoms with Gasteiger partial charge in [0.25, 0.3) is 0 Å². The van der Waals surface area contributed by atoms with Crippen LogP contribution in [0, 0.1) is 11.7 Å². The number of amides is 2. The van der Waals surface area contributed by atoms with Crippen molar-refractivity contribution in [2.75, 3.05) is 18.4 Å². The van der Waals surface area contributed by atoms with E-state index in [4.69, 9.17) is 0 Å². The first-order chi connectivity index (χ1) is 13.0. The molecule has 0 bridgehead atoms. The van der Waals surface area contributed by atoms with Gasteiger partial charge in [-0.1, -0.05) is 25.1 Å². The fourth-order valence-electron chi connectivity index (χ4n) is 3.36. The topological polar surface area (TPSA) is 62.3 Å². The Morgan fingerprint density at radius 2 is 1.89 bits per heavy atom. The molecule has 5 nitrogen and oxygen atoms in total. The van der Waals surface area contributed by atoms with E-state index in [-0.39, 0.29) is 29.5 Å². The maximum atomic E-state index is 13.0. The van der Waals surface area contributed by atoms with E-state index in [9.17, 15) is 14.0 Å². The number of likely N-dealkylation sites (tertiary alicyclic amines) is 1. The van der Waals surface area contributed by atoms with Gasteiger partial charge in [0, 0.05) is 31.6 Å². The summed E-state index contributed by atoms with van der Waals surface area (Å²) in [6.45, 7) is 3.13. The number of carbonyl (C=O) groups is 2. The first-order valence-corrected chi connectivity index (χ1v) is 9.28. The number of pyridine rings is 1. The van der Waals surface area contributed by atoms with Gasteiger partial charge in [-0.05, 0) is 48.6 Å². The third kappa shape index (κ3) is 5.12. The van der Waals surface area contributed by atoms with Crippen LogP contribution in [0.4, 0.5) is 10.2 Å². The molecule has 1 aromatic carbocycles. The van der Waals surface area contributed by atoms with E-state index in [2.05, 4.69) is 10.3 Å². The van der Waals surface area contributed by atoms with E-state index in [1.165, 1.54) is 12.1 Å². The second-order valence-electron chi connectivity index (χ2n) is 7.02. The zero-order valence-electron chi connectivity index (χ0n) is 15.4. The molecule has 1 N–H and O–H groups in total. The summed E-state index contributed by atoms with van der Waals surface area (Å²) >= 11 is 0. The molecule has 2 amide bonds. The van der Waals surface area contributed by atoms with Crippen molar-refractivity contribution in [3.63, 3.8) is 0 Å². The highest BCUT2D eigenvalue weighted by atomic mass is 19.1. The number of hydrogen-bond acceptors (Lipinski definition) is 3.